The zero-order valence-electron chi connectivity index (χ0n) is 5.07. The largest absolute Gasteiger partial charge is 2.00 e. The summed E-state index contributed by atoms with van der Waals surface area (Å²) in [5, 5.41) is 0. The zero-order valence-corrected chi connectivity index (χ0v) is 6.63. The predicted octanol–water partition coefficient (Wildman–Crippen LogP) is 2.22. The smallest absolute Gasteiger partial charge is 0.518 e. The van der Waals surface area contributed by atoms with Crippen LogP contribution in [0.5, 0.6) is 0 Å². The molecule has 0 atom stereocenters. The van der Waals surface area contributed by atoms with Gasteiger partial charge in [-0.05, 0) is 0 Å². The first-order chi connectivity index (χ1) is 2.83. The summed E-state index contributed by atoms with van der Waals surface area (Å²) in [6, 6.07) is 0. The Balaban J connectivity index is -0.0000000400. The molecule has 0 spiro atoms. The number of allylic oxidation sites excluding steroid dienone is 1. The van der Waals surface area contributed by atoms with Gasteiger partial charge < -0.3 is 13.5 Å². The molecule has 0 saturated heterocycles. The molecule has 0 bridgehead atoms. The Kier molecular flexibility index (Phi) is 71.3. The van der Waals surface area contributed by atoms with Crippen molar-refractivity contribution in [1.82, 2.24) is 0 Å². The summed E-state index contributed by atoms with van der Waals surface area (Å²) < 4.78 is 0. The second kappa shape index (κ2) is 31.9. The molecule has 0 aromatic heterocycles. The number of rotatable bonds is 0. The monoisotopic (exact) mass is 132 g/mol. The van der Waals surface area contributed by atoms with Gasteiger partial charge in [0.05, 0.1) is 0 Å². The van der Waals surface area contributed by atoms with Gasteiger partial charge in [-0.15, -0.1) is 0 Å². The minimum absolute atomic E-state index is 0. The molecule has 7 heavy (non-hydrogen) atoms. The van der Waals surface area contributed by atoms with E-state index in [2.05, 4.69) is 6.92 Å². The SMILES string of the molecule is [CH-]=CC.[CH2-]CC.[Ti+2]. The summed E-state index contributed by atoms with van der Waals surface area (Å²) in [5.41, 5.74) is 0. The van der Waals surface area contributed by atoms with Gasteiger partial charge in [0, 0.05) is 0 Å². The van der Waals surface area contributed by atoms with E-state index in [1.54, 1.807) is 6.92 Å². The molecule has 0 nitrogen and oxygen atoms in total. The van der Waals surface area contributed by atoms with Crippen LogP contribution >= 0.6 is 0 Å². The van der Waals surface area contributed by atoms with E-state index in [9.17, 15) is 0 Å². The Labute approximate surface area is 61.9 Å². The van der Waals surface area contributed by atoms with Crippen LogP contribution in [0.2, 0.25) is 0 Å². The molecule has 0 rings (SSSR count). The van der Waals surface area contributed by atoms with E-state index < -0.39 is 0 Å². The summed E-state index contributed by atoms with van der Waals surface area (Å²) >= 11 is 0. The van der Waals surface area contributed by atoms with Crippen LogP contribution in [-0.2, 0) is 21.7 Å². The predicted molar refractivity (Wildman–Crippen MR) is 30.2 cm³/mol. The molecule has 0 fully saturated rings. The maximum absolute atomic E-state index is 4.72. The van der Waals surface area contributed by atoms with Crippen molar-refractivity contribution in [2.45, 2.75) is 20.3 Å². The third kappa shape index (κ3) is 621. The minimum atomic E-state index is 0. The molecule has 0 N–H and O–H groups in total. The summed E-state index contributed by atoms with van der Waals surface area (Å²) in [5.74, 6) is 0. The molecule has 40 valence electrons. The topological polar surface area (TPSA) is 0 Å². The summed E-state index contributed by atoms with van der Waals surface area (Å²) in [6.45, 7) is 12.0. The Hall–Kier alpha value is 0.454. The first kappa shape index (κ1) is 15.7. The van der Waals surface area contributed by atoms with Gasteiger partial charge in [0.15, 0.2) is 0 Å². The molecule has 0 aliphatic heterocycles. The van der Waals surface area contributed by atoms with Crippen LogP contribution in [0.25, 0.3) is 0 Å². The third-order valence-corrected chi connectivity index (χ3v) is 0. The van der Waals surface area contributed by atoms with Gasteiger partial charge in [0.1, 0.15) is 0 Å². The summed E-state index contributed by atoms with van der Waals surface area (Å²) in [6.07, 6.45) is 2.50. The fraction of sp³-hybridized carbons (Fsp3) is 0.500. The molecule has 0 saturated carbocycles. The molecular formula is C6H12Ti. The maximum Gasteiger partial charge on any atom is 2.00 e. The summed E-state index contributed by atoms with van der Waals surface area (Å²) in [4.78, 5) is 0. The van der Waals surface area contributed by atoms with Crippen molar-refractivity contribution in [2.24, 2.45) is 0 Å². The fourth-order valence-corrected chi connectivity index (χ4v) is 0. The van der Waals surface area contributed by atoms with Gasteiger partial charge in [-0.3, -0.25) is 6.08 Å². The van der Waals surface area contributed by atoms with Crippen LogP contribution in [-0.4, -0.2) is 0 Å². The standard InChI is InChI=1S/C3H7.C3H5.Ti/c2*1-3-2;/h1,3H2,2H3;1,3H,2H3;/q2*-1;+2. The van der Waals surface area contributed by atoms with E-state index in [0.29, 0.717) is 0 Å². The van der Waals surface area contributed by atoms with Crippen LogP contribution in [0.3, 0.4) is 0 Å². The van der Waals surface area contributed by atoms with Gasteiger partial charge in [-0.25, -0.2) is 0 Å². The van der Waals surface area contributed by atoms with E-state index in [0.717, 1.165) is 6.42 Å². The molecule has 1 heteroatoms. The van der Waals surface area contributed by atoms with Crippen molar-refractivity contribution in [3.05, 3.63) is 19.6 Å². The van der Waals surface area contributed by atoms with Crippen LogP contribution < -0.4 is 0 Å². The van der Waals surface area contributed by atoms with Crippen molar-refractivity contribution >= 4 is 0 Å². The molecule has 0 unspecified atom stereocenters. The average molecular weight is 132 g/mol. The van der Waals surface area contributed by atoms with Gasteiger partial charge in [0.25, 0.3) is 0 Å². The van der Waals surface area contributed by atoms with Crippen molar-refractivity contribution in [2.75, 3.05) is 0 Å². The van der Waals surface area contributed by atoms with Crippen LogP contribution in [0.15, 0.2) is 6.08 Å². The van der Waals surface area contributed by atoms with E-state index in [4.69, 9.17) is 6.58 Å². The molecule has 0 aromatic rings. The van der Waals surface area contributed by atoms with E-state index >= 15 is 0 Å². The molecule has 0 aliphatic rings. The molecule has 0 heterocycles. The Bertz CT molecular complexity index is 18.1. The Morgan fingerprint density at radius 3 is 1.71 bits per heavy atom. The van der Waals surface area contributed by atoms with Crippen LogP contribution in [0.4, 0.5) is 0 Å². The zero-order chi connectivity index (χ0) is 5.41. The van der Waals surface area contributed by atoms with Crippen molar-refractivity contribution in [3.63, 3.8) is 0 Å². The second-order valence-electron chi connectivity index (χ2n) is 0.833. The first-order valence-corrected chi connectivity index (χ1v) is 2.12. The summed E-state index contributed by atoms with van der Waals surface area (Å²) in [7, 11) is 0. The van der Waals surface area contributed by atoms with E-state index in [-0.39, 0.29) is 21.7 Å². The van der Waals surface area contributed by atoms with Gasteiger partial charge in [-0.1, -0.05) is 13.8 Å². The van der Waals surface area contributed by atoms with Crippen molar-refractivity contribution in [1.29, 1.82) is 0 Å². The molecular weight excluding hydrogens is 120 g/mol. The Morgan fingerprint density at radius 2 is 1.71 bits per heavy atom. The second-order valence-corrected chi connectivity index (χ2v) is 0.833. The third-order valence-electron chi connectivity index (χ3n) is 0. The molecule has 0 radical (unpaired) electrons. The quantitative estimate of drug-likeness (QED) is 0.350. The fourth-order valence-electron chi connectivity index (χ4n) is 0. The van der Waals surface area contributed by atoms with Crippen LogP contribution in [0, 0.1) is 13.5 Å². The van der Waals surface area contributed by atoms with Crippen molar-refractivity contribution in [3.8, 4) is 0 Å². The number of hydrogen-bond acceptors (Lipinski definition) is 0. The van der Waals surface area contributed by atoms with Crippen LogP contribution in [0.1, 0.15) is 20.3 Å². The van der Waals surface area contributed by atoms with E-state index in [1.807, 2.05) is 6.92 Å². The van der Waals surface area contributed by atoms with Crippen molar-refractivity contribution < 1.29 is 21.7 Å². The van der Waals surface area contributed by atoms with E-state index in [1.165, 1.54) is 6.08 Å². The normalized spacial score (nSPS) is 4.43. The molecule has 0 amide bonds. The molecule has 0 aliphatic carbocycles. The first-order valence-electron chi connectivity index (χ1n) is 2.12. The van der Waals surface area contributed by atoms with Gasteiger partial charge in [0.2, 0.25) is 0 Å². The maximum atomic E-state index is 4.72. The van der Waals surface area contributed by atoms with Gasteiger partial charge in [-0.2, -0.15) is 6.42 Å². The average Bonchev–Trinajstić information content (AvgIpc) is 1.39. The molecule has 0 aromatic carbocycles. The minimum Gasteiger partial charge on any atom is -0.518 e. The Morgan fingerprint density at radius 1 is 1.71 bits per heavy atom. The van der Waals surface area contributed by atoms with Gasteiger partial charge >= 0.3 is 21.7 Å². The number of hydrogen-bond donors (Lipinski definition) is 0.